The van der Waals surface area contributed by atoms with Crippen LogP contribution in [0.4, 0.5) is 0 Å². The van der Waals surface area contributed by atoms with Crippen LogP contribution in [-0.4, -0.2) is 31.6 Å². The van der Waals surface area contributed by atoms with E-state index >= 15 is 0 Å². The molecule has 1 aliphatic rings. The maximum absolute atomic E-state index is 3.67. The first-order valence-corrected chi connectivity index (χ1v) is 9.05. The van der Waals surface area contributed by atoms with Gasteiger partial charge in [0.25, 0.3) is 0 Å². The lowest BCUT2D eigenvalue weighted by molar-refractivity contribution is 0.153. The molecule has 1 fully saturated rings. The highest BCUT2D eigenvalue weighted by molar-refractivity contribution is 9.10. The molecule has 1 aromatic rings. The Labute approximate surface area is 138 Å². The molecule has 2 nitrogen and oxygen atoms in total. The first kappa shape index (κ1) is 17.0. The van der Waals surface area contributed by atoms with Crippen LogP contribution in [-0.2, 0) is 0 Å². The number of piperidine rings is 1. The minimum absolute atomic E-state index is 0.434. The van der Waals surface area contributed by atoms with E-state index in [1.807, 2.05) is 0 Å². The Morgan fingerprint density at radius 3 is 2.48 bits per heavy atom. The summed E-state index contributed by atoms with van der Waals surface area (Å²) in [4.78, 5) is 2.64. The van der Waals surface area contributed by atoms with Crippen LogP contribution in [0.2, 0.25) is 0 Å². The highest BCUT2D eigenvalue weighted by Gasteiger charge is 2.22. The SMILES string of the molecule is CNC(CCN1CCC(C(C)C)CC1)c1ccccc1Br. The van der Waals surface area contributed by atoms with Gasteiger partial charge in [-0.1, -0.05) is 48.0 Å². The van der Waals surface area contributed by atoms with Gasteiger partial charge in [0.15, 0.2) is 0 Å². The van der Waals surface area contributed by atoms with E-state index < -0.39 is 0 Å². The van der Waals surface area contributed by atoms with Gasteiger partial charge in [-0.3, -0.25) is 0 Å². The van der Waals surface area contributed by atoms with Crippen molar-refractivity contribution < 1.29 is 0 Å². The molecule has 1 heterocycles. The predicted octanol–water partition coefficient (Wildman–Crippen LogP) is 4.47. The van der Waals surface area contributed by atoms with Gasteiger partial charge >= 0.3 is 0 Å². The zero-order valence-electron chi connectivity index (χ0n) is 13.6. The van der Waals surface area contributed by atoms with Crippen LogP contribution in [0.3, 0.4) is 0 Å². The monoisotopic (exact) mass is 352 g/mol. The van der Waals surface area contributed by atoms with E-state index in [2.05, 4.69) is 71.3 Å². The summed E-state index contributed by atoms with van der Waals surface area (Å²) in [5.41, 5.74) is 1.37. The normalized spacial score (nSPS) is 19.1. The van der Waals surface area contributed by atoms with E-state index in [0.29, 0.717) is 6.04 Å². The fourth-order valence-electron chi connectivity index (χ4n) is 3.37. The van der Waals surface area contributed by atoms with E-state index in [4.69, 9.17) is 0 Å². The predicted molar refractivity (Wildman–Crippen MR) is 94.6 cm³/mol. The van der Waals surface area contributed by atoms with E-state index in [-0.39, 0.29) is 0 Å². The summed E-state index contributed by atoms with van der Waals surface area (Å²) in [6.07, 6.45) is 3.92. The molecule has 0 bridgehead atoms. The van der Waals surface area contributed by atoms with Crippen LogP contribution in [0, 0.1) is 11.8 Å². The molecule has 2 rings (SSSR count). The average molecular weight is 353 g/mol. The number of likely N-dealkylation sites (tertiary alicyclic amines) is 1. The van der Waals surface area contributed by atoms with E-state index in [9.17, 15) is 0 Å². The van der Waals surface area contributed by atoms with Crippen molar-refractivity contribution in [3.8, 4) is 0 Å². The third-order valence-corrected chi connectivity index (χ3v) is 5.66. The minimum atomic E-state index is 0.434. The lowest BCUT2D eigenvalue weighted by Gasteiger charge is -2.34. The van der Waals surface area contributed by atoms with Crippen LogP contribution in [0.15, 0.2) is 28.7 Å². The first-order valence-electron chi connectivity index (χ1n) is 8.26. The Bertz CT molecular complexity index is 425. The van der Waals surface area contributed by atoms with Crippen molar-refractivity contribution in [2.24, 2.45) is 11.8 Å². The highest BCUT2D eigenvalue weighted by atomic mass is 79.9. The zero-order valence-corrected chi connectivity index (χ0v) is 15.2. The molecule has 1 atom stereocenters. The molecule has 1 aromatic carbocycles. The number of hydrogen-bond acceptors (Lipinski definition) is 2. The molecule has 1 N–H and O–H groups in total. The molecule has 21 heavy (non-hydrogen) atoms. The average Bonchev–Trinajstić information content (AvgIpc) is 2.50. The van der Waals surface area contributed by atoms with Crippen molar-refractivity contribution >= 4 is 15.9 Å². The van der Waals surface area contributed by atoms with Crippen LogP contribution in [0.1, 0.15) is 44.7 Å². The van der Waals surface area contributed by atoms with Gasteiger partial charge in [-0.05, 0) is 69.4 Å². The Kier molecular flexibility index (Phi) is 6.72. The Hall–Kier alpha value is -0.380. The number of benzene rings is 1. The fraction of sp³-hybridized carbons (Fsp3) is 0.667. The minimum Gasteiger partial charge on any atom is -0.313 e. The van der Waals surface area contributed by atoms with Gasteiger partial charge in [0.05, 0.1) is 0 Å². The molecule has 1 saturated heterocycles. The van der Waals surface area contributed by atoms with Gasteiger partial charge in [-0.25, -0.2) is 0 Å². The second-order valence-corrected chi connectivity index (χ2v) is 7.43. The van der Waals surface area contributed by atoms with Crippen molar-refractivity contribution in [1.82, 2.24) is 10.2 Å². The Balaban J connectivity index is 1.83. The topological polar surface area (TPSA) is 15.3 Å². The maximum Gasteiger partial charge on any atom is 0.0340 e. The number of nitrogens with one attached hydrogen (secondary N) is 1. The molecule has 1 unspecified atom stereocenters. The van der Waals surface area contributed by atoms with Gasteiger partial charge in [-0.15, -0.1) is 0 Å². The Morgan fingerprint density at radius 2 is 1.90 bits per heavy atom. The summed E-state index contributed by atoms with van der Waals surface area (Å²) in [5, 5.41) is 3.47. The van der Waals surface area contributed by atoms with Crippen molar-refractivity contribution in [2.75, 3.05) is 26.7 Å². The quantitative estimate of drug-likeness (QED) is 0.812. The van der Waals surface area contributed by atoms with E-state index in [1.165, 1.54) is 48.9 Å². The van der Waals surface area contributed by atoms with Gasteiger partial charge in [0.1, 0.15) is 0 Å². The molecule has 0 amide bonds. The molecular formula is C18H29BrN2. The van der Waals surface area contributed by atoms with Crippen molar-refractivity contribution in [1.29, 1.82) is 0 Å². The van der Waals surface area contributed by atoms with Gasteiger partial charge in [-0.2, -0.15) is 0 Å². The van der Waals surface area contributed by atoms with E-state index in [1.54, 1.807) is 0 Å². The second-order valence-electron chi connectivity index (χ2n) is 6.57. The smallest absolute Gasteiger partial charge is 0.0340 e. The van der Waals surface area contributed by atoms with Crippen molar-refractivity contribution in [3.05, 3.63) is 34.3 Å². The third kappa shape index (κ3) is 4.80. The number of nitrogens with zero attached hydrogens (tertiary/aromatic N) is 1. The van der Waals surface area contributed by atoms with Crippen LogP contribution < -0.4 is 5.32 Å². The van der Waals surface area contributed by atoms with Crippen LogP contribution >= 0.6 is 15.9 Å². The molecule has 0 radical (unpaired) electrons. The summed E-state index contributed by atoms with van der Waals surface area (Å²) in [6.45, 7) is 8.47. The summed E-state index contributed by atoms with van der Waals surface area (Å²) < 4.78 is 1.21. The third-order valence-electron chi connectivity index (χ3n) is 4.94. The molecule has 0 aliphatic carbocycles. The number of hydrogen-bond donors (Lipinski definition) is 1. The lowest BCUT2D eigenvalue weighted by Crippen LogP contribution is -2.37. The van der Waals surface area contributed by atoms with Crippen LogP contribution in [0.25, 0.3) is 0 Å². The summed E-state index contributed by atoms with van der Waals surface area (Å²) in [6, 6.07) is 8.99. The van der Waals surface area contributed by atoms with Crippen molar-refractivity contribution in [3.63, 3.8) is 0 Å². The standard InChI is InChI=1S/C18H29BrN2/c1-14(2)15-8-11-21(12-9-15)13-10-18(20-3)16-6-4-5-7-17(16)19/h4-7,14-15,18,20H,8-13H2,1-3H3. The molecule has 118 valence electrons. The molecular weight excluding hydrogens is 324 g/mol. The molecule has 0 aromatic heterocycles. The summed E-state index contributed by atoms with van der Waals surface area (Å²) in [7, 11) is 2.06. The summed E-state index contributed by atoms with van der Waals surface area (Å²) >= 11 is 3.67. The summed E-state index contributed by atoms with van der Waals surface area (Å²) in [5.74, 6) is 1.78. The first-order chi connectivity index (χ1) is 10.1. The van der Waals surface area contributed by atoms with Crippen LogP contribution in [0.5, 0.6) is 0 Å². The van der Waals surface area contributed by atoms with Gasteiger partial charge in [0, 0.05) is 10.5 Å². The van der Waals surface area contributed by atoms with Crippen molar-refractivity contribution in [2.45, 2.75) is 39.2 Å². The maximum atomic E-state index is 3.67. The largest absolute Gasteiger partial charge is 0.313 e. The number of halogens is 1. The number of rotatable bonds is 6. The zero-order chi connectivity index (χ0) is 15.2. The fourth-order valence-corrected chi connectivity index (χ4v) is 3.93. The lowest BCUT2D eigenvalue weighted by atomic mass is 9.86. The molecule has 0 spiro atoms. The van der Waals surface area contributed by atoms with E-state index in [0.717, 1.165) is 11.8 Å². The molecule has 3 heteroatoms. The van der Waals surface area contributed by atoms with Gasteiger partial charge in [0.2, 0.25) is 0 Å². The second kappa shape index (κ2) is 8.30. The van der Waals surface area contributed by atoms with Gasteiger partial charge < -0.3 is 10.2 Å². The highest BCUT2D eigenvalue weighted by Crippen LogP contribution is 2.27. The molecule has 1 aliphatic heterocycles. The Morgan fingerprint density at radius 1 is 1.24 bits per heavy atom. The molecule has 0 saturated carbocycles.